The highest BCUT2D eigenvalue weighted by molar-refractivity contribution is 5.74. The summed E-state index contributed by atoms with van der Waals surface area (Å²) in [5.41, 5.74) is 3.93. The Morgan fingerprint density at radius 1 is 0.938 bits per heavy atom. The lowest BCUT2D eigenvalue weighted by atomic mass is 9.77. The van der Waals surface area contributed by atoms with E-state index in [4.69, 9.17) is 0 Å². The molecule has 0 heterocycles. The first kappa shape index (κ1) is 9.61. The minimum atomic E-state index is -0.745. The summed E-state index contributed by atoms with van der Waals surface area (Å²) in [5, 5.41) is 10.5. The Bertz CT molecular complexity index is 541. The molecule has 1 aliphatic carbocycles. The molecule has 0 saturated heterocycles. The van der Waals surface area contributed by atoms with E-state index in [0.29, 0.717) is 6.42 Å². The van der Waals surface area contributed by atoms with Gasteiger partial charge >= 0.3 is 0 Å². The zero-order valence-electron chi connectivity index (χ0n) is 9.27. The number of fused-ring (bicyclic) bond motifs is 3. The Labute approximate surface area is 95.4 Å². The minimum Gasteiger partial charge on any atom is -0.385 e. The van der Waals surface area contributed by atoms with Gasteiger partial charge < -0.3 is 5.11 Å². The summed E-state index contributed by atoms with van der Waals surface area (Å²) < 4.78 is 0. The molecule has 1 aliphatic rings. The van der Waals surface area contributed by atoms with Crippen LogP contribution in [0.5, 0.6) is 0 Å². The number of hydrogen-bond acceptors (Lipinski definition) is 1. The van der Waals surface area contributed by atoms with Crippen LogP contribution in [0.4, 0.5) is 0 Å². The van der Waals surface area contributed by atoms with Crippen LogP contribution in [0.3, 0.4) is 0 Å². The van der Waals surface area contributed by atoms with Gasteiger partial charge in [-0.2, -0.15) is 0 Å². The molecule has 2 aromatic carbocycles. The van der Waals surface area contributed by atoms with E-state index in [2.05, 4.69) is 24.3 Å². The fourth-order valence-electron chi connectivity index (χ4n) is 2.59. The Kier molecular flexibility index (Phi) is 1.92. The molecule has 1 atom stereocenters. The molecule has 0 amide bonds. The molecule has 2 aromatic rings. The molecule has 0 aromatic heterocycles. The Balaban J connectivity index is 2.33. The van der Waals surface area contributed by atoms with E-state index < -0.39 is 5.60 Å². The van der Waals surface area contributed by atoms with Crippen molar-refractivity contribution >= 4 is 0 Å². The third kappa shape index (κ3) is 1.29. The lowest BCUT2D eigenvalue weighted by molar-refractivity contribution is 0.0566. The first-order valence-electron chi connectivity index (χ1n) is 5.59. The summed E-state index contributed by atoms with van der Waals surface area (Å²) in [6.45, 7) is 1.89. The summed E-state index contributed by atoms with van der Waals surface area (Å²) in [6, 6.07) is 16.4. The smallest absolute Gasteiger partial charge is 0.0914 e. The number of benzene rings is 2. The van der Waals surface area contributed by atoms with Gasteiger partial charge in [0.15, 0.2) is 0 Å². The molecule has 0 aliphatic heterocycles. The second-order valence-electron chi connectivity index (χ2n) is 4.65. The van der Waals surface area contributed by atoms with Gasteiger partial charge in [0, 0.05) is 6.42 Å². The van der Waals surface area contributed by atoms with E-state index in [9.17, 15) is 5.11 Å². The Hall–Kier alpha value is -1.60. The van der Waals surface area contributed by atoms with E-state index in [1.807, 2.05) is 31.2 Å². The van der Waals surface area contributed by atoms with Gasteiger partial charge in [-0.3, -0.25) is 0 Å². The maximum atomic E-state index is 10.5. The van der Waals surface area contributed by atoms with Crippen LogP contribution in [0.1, 0.15) is 18.1 Å². The monoisotopic (exact) mass is 210 g/mol. The van der Waals surface area contributed by atoms with Crippen LogP contribution in [0.2, 0.25) is 0 Å². The molecule has 0 spiro atoms. The maximum Gasteiger partial charge on any atom is 0.0914 e. The van der Waals surface area contributed by atoms with Crippen LogP contribution in [-0.2, 0) is 12.0 Å². The first-order chi connectivity index (χ1) is 7.68. The van der Waals surface area contributed by atoms with Crippen molar-refractivity contribution in [1.29, 1.82) is 0 Å². The standard InChI is InChI=1S/C15H14O/c1-15(16)10-11-6-2-3-7-12(11)13-8-4-5-9-14(13)15/h2-9,16H,10H2,1H3. The number of aliphatic hydroxyl groups is 1. The van der Waals surface area contributed by atoms with E-state index in [1.54, 1.807) is 0 Å². The third-order valence-corrected chi connectivity index (χ3v) is 3.35. The van der Waals surface area contributed by atoms with Gasteiger partial charge in [-0.25, -0.2) is 0 Å². The van der Waals surface area contributed by atoms with Gasteiger partial charge in [-0.1, -0.05) is 48.5 Å². The highest BCUT2D eigenvalue weighted by Crippen LogP contribution is 2.41. The van der Waals surface area contributed by atoms with Crippen molar-refractivity contribution in [2.24, 2.45) is 0 Å². The van der Waals surface area contributed by atoms with Crippen LogP contribution in [0.15, 0.2) is 48.5 Å². The highest BCUT2D eigenvalue weighted by Gasteiger charge is 2.31. The van der Waals surface area contributed by atoms with Crippen molar-refractivity contribution in [3.05, 3.63) is 59.7 Å². The second-order valence-corrected chi connectivity index (χ2v) is 4.65. The normalized spacial score (nSPS) is 22.4. The van der Waals surface area contributed by atoms with Crippen LogP contribution in [0.25, 0.3) is 11.1 Å². The molecule has 1 nitrogen and oxygen atoms in total. The van der Waals surface area contributed by atoms with Gasteiger partial charge in [-0.05, 0) is 29.2 Å². The molecular weight excluding hydrogens is 196 g/mol. The fraction of sp³-hybridized carbons (Fsp3) is 0.200. The average molecular weight is 210 g/mol. The predicted molar refractivity (Wildman–Crippen MR) is 65.2 cm³/mol. The second kappa shape index (κ2) is 3.19. The molecule has 80 valence electrons. The van der Waals surface area contributed by atoms with E-state index in [1.165, 1.54) is 11.1 Å². The molecule has 3 rings (SSSR count). The molecule has 1 unspecified atom stereocenters. The molecule has 1 heteroatoms. The molecule has 16 heavy (non-hydrogen) atoms. The lowest BCUT2D eigenvalue weighted by Crippen LogP contribution is -2.28. The van der Waals surface area contributed by atoms with Crippen LogP contribution in [0, 0.1) is 0 Å². The fourth-order valence-corrected chi connectivity index (χ4v) is 2.59. The van der Waals surface area contributed by atoms with Crippen molar-refractivity contribution < 1.29 is 5.11 Å². The molecular formula is C15H14O. The Morgan fingerprint density at radius 3 is 2.38 bits per heavy atom. The van der Waals surface area contributed by atoms with Gasteiger partial charge in [0.1, 0.15) is 0 Å². The Morgan fingerprint density at radius 2 is 1.56 bits per heavy atom. The zero-order valence-corrected chi connectivity index (χ0v) is 9.27. The van der Waals surface area contributed by atoms with Gasteiger partial charge in [0.25, 0.3) is 0 Å². The van der Waals surface area contributed by atoms with Crippen LogP contribution >= 0.6 is 0 Å². The van der Waals surface area contributed by atoms with Crippen molar-refractivity contribution in [2.75, 3.05) is 0 Å². The largest absolute Gasteiger partial charge is 0.385 e. The van der Waals surface area contributed by atoms with Crippen molar-refractivity contribution in [2.45, 2.75) is 18.9 Å². The summed E-state index contributed by atoms with van der Waals surface area (Å²) in [4.78, 5) is 0. The van der Waals surface area contributed by atoms with Gasteiger partial charge in [-0.15, -0.1) is 0 Å². The topological polar surface area (TPSA) is 20.2 Å². The molecule has 0 fully saturated rings. The maximum absolute atomic E-state index is 10.5. The molecule has 0 radical (unpaired) electrons. The quantitative estimate of drug-likeness (QED) is 0.708. The SMILES string of the molecule is CC1(O)Cc2ccccc2-c2ccccc21. The number of hydrogen-bond donors (Lipinski definition) is 1. The van der Waals surface area contributed by atoms with Gasteiger partial charge in [0.05, 0.1) is 5.60 Å². The first-order valence-corrected chi connectivity index (χ1v) is 5.59. The lowest BCUT2D eigenvalue weighted by Gasteiger charge is -2.32. The van der Waals surface area contributed by atoms with Crippen molar-refractivity contribution in [3.8, 4) is 11.1 Å². The highest BCUT2D eigenvalue weighted by atomic mass is 16.3. The van der Waals surface area contributed by atoms with E-state index in [-0.39, 0.29) is 0 Å². The van der Waals surface area contributed by atoms with E-state index >= 15 is 0 Å². The number of rotatable bonds is 0. The average Bonchev–Trinajstić information content (AvgIpc) is 2.29. The van der Waals surface area contributed by atoms with Crippen molar-refractivity contribution in [1.82, 2.24) is 0 Å². The summed E-state index contributed by atoms with van der Waals surface area (Å²) in [7, 11) is 0. The summed E-state index contributed by atoms with van der Waals surface area (Å²) >= 11 is 0. The summed E-state index contributed by atoms with van der Waals surface area (Å²) in [6.07, 6.45) is 0.695. The molecule has 0 saturated carbocycles. The molecule has 1 N–H and O–H groups in total. The van der Waals surface area contributed by atoms with Crippen LogP contribution in [-0.4, -0.2) is 5.11 Å². The predicted octanol–water partition coefficient (Wildman–Crippen LogP) is 3.12. The van der Waals surface area contributed by atoms with E-state index in [0.717, 1.165) is 11.1 Å². The minimum absolute atomic E-state index is 0.695. The zero-order chi connectivity index (χ0) is 11.2. The third-order valence-electron chi connectivity index (χ3n) is 3.35. The van der Waals surface area contributed by atoms with Crippen LogP contribution < -0.4 is 0 Å². The van der Waals surface area contributed by atoms with Crippen molar-refractivity contribution in [3.63, 3.8) is 0 Å². The molecule has 0 bridgehead atoms. The summed E-state index contributed by atoms with van der Waals surface area (Å²) in [5.74, 6) is 0. The van der Waals surface area contributed by atoms with Gasteiger partial charge in [0.2, 0.25) is 0 Å².